The Kier molecular flexibility index (Phi) is 2.13. The summed E-state index contributed by atoms with van der Waals surface area (Å²) in [5, 5.41) is 0. The monoisotopic (exact) mass is 222 g/mol. The summed E-state index contributed by atoms with van der Waals surface area (Å²) in [4.78, 5) is 12.3. The SMILES string of the molecule is NC(=O)N1CCC2(CC2CC(F)(F)F)C1. The van der Waals surface area contributed by atoms with Crippen molar-refractivity contribution in [3.05, 3.63) is 0 Å². The Morgan fingerprint density at radius 2 is 2.20 bits per heavy atom. The second kappa shape index (κ2) is 3.02. The van der Waals surface area contributed by atoms with Crippen LogP contribution in [0.2, 0.25) is 0 Å². The molecule has 1 saturated heterocycles. The quantitative estimate of drug-likeness (QED) is 0.721. The molecule has 86 valence electrons. The van der Waals surface area contributed by atoms with Gasteiger partial charge in [-0.25, -0.2) is 4.79 Å². The van der Waals surface area contributed by atoms with Crippen LogP contribution in [0.4, 0.5) is 18.0 Å². The zero-order chi connectivity index (χ0) is 11.3. The van der Waals surface area contributed by atoms with Crippen molar-refractivity contribution < 1.29 is 18.0 Å². The number of primary amides is 1. The lowest BCUT2D eigenvalue weighted by atomic mass is 10.0. The lowest BCUT2D eigenvalue weighted by Crippen LogP contribution is -2.34. The van der Waals surface area contributed by atoms with Gasteiger partial charge in [-0.1, -0.05) is 0 Å². The third-order valence-electron chi connectivity index (χ3n) is 3.53. The fourth-order valence-corrected chi connectivity index (χ4v) is 2.58. The van der Waals surface area contributed by atoms with Crippen LogP contribution >= 0.6 is 0 Å². The first kappa shape index (κ1) is 10.6. The number of halogens is 3. The molecule has 0 bridgehead atoms. The van der Waals surface area contributed by atoms with Crippen molar-refractivity contribution in [1.29, 1.82) is 0 Å². The number of carbonyl (C=O) groups is 1. The molecule has 2 N–H and O–H groups in total. The van der Waals surface area contributed by atoms with Crippen molar-refractivity contribution in [2.24, 2.45) is 17.1 Å². The minimum atomic E-state index is -4.09. The molecule has 2 rings (SSSR count). The van der Waals surface area contributed by atoms with Crippen molar-refractivity contribution in [1.82, 2.24) is 4.90 Å². The molecule has 6 heteroatoms. The van der Waals surface area contributed by atoms with E-state index in [2.05, 4.69) is 0 Å². The average molecular weight is 222 g/mol. The van der Waals surface area contributed by atoms with Gasteiger partial charge in [0.25, 0.3) is 0 Å². The zero-order valence-electron chi connectivity index (χ0n) is 8.18. The Bertz CT molecular complexity index is 292. The topological polar surface area (TPSA) is 46.3 Å². The maximum Gasteiger partial charge on any atom is 0.389 e. The summed E-state index contributed by atoms with van der Waals surface area (Å²) in [7, 11) is 0. The summed E-state index contributed by atoms with van der Waals surface area (Å²) in [6.07, 6.45) is -3.57. The van der Waals surface area contributed by atoms with Gasteiger partial charge in [0.2, 0.25) is 0 Å². The van der Waals surface area contributed by atoms with Crippen molar-refractivity contribution in [2.75, 3.05) is 13.1 Å². The molecule has 2 amide bonds. The van der Waals surface area contributed by atoms with Gasteiger partial charge >= 0.3 is 12.2 Å². The molecule has 1 aliphatic heterocycles. The highest BCUT2D eigenvalue weighted by Crippen LogP contribution is 2.61. The van der Waals surface area contributed by atoms with Crippen LogP contribution in [0.3, 0.4) is 0 Å². The Morgan fingerprint density at radius 3 is 2.67 bits per heavy atom. The molecule has 1 spiro atoms. The zero-order valence-corrected chi connectivity index (χ0v) is 8.18. The van der Waals surface area contributed by atoms with Crippen LogP contribution in [-0.2, 0) is 0 Å². The van der Waals surface area contributed by atoms with Crippen molar-refractivity contribution in [3.8, 4) is 0 Å². The molecule has 0 aromatic heterocycles. The van der Waals surface area contributed by atoms with Gasteiger partial charge in [0.05, 0.1) is 0 Å². The molecule has 2 aliphatic rings. The van der Waals surface area contributed by atoms with E-state index >= 15 is 0 Å². The lowest BCUT2D eigenvalue weighted by molar-refractivity contribution is -0.140. The van der Waals surface area contributed by atoms with E-state index in [1.54, 1.807) is 0 Å². The van der Waals surface area contributed by atoms with Crippen LogP contribution < -0.4 is 5.73 Å². The smallest absolute Gasteiger partial charge is 0.351 e. The van der Waals surface area contributed by atoms with Gasteiger partial charge in [-0.15, -0.1) is 0 Å². The maximum atomic E-state index is 12.1. The number of nitrogens with two attached hydrogens (primary N) is 1. The van der Waals surface area contributed by atoms with E-state index in [0.717, 1.165) is 0 Å². The van der Waals surface area contributed by atoms with Crippen molar-refractivity contribution >= 4 is 6.03 Å². The third-order valence-corrected chi connectivity index (χ3v) is 3.53. The van der Waals surface area contributed by atoms with Crippen molar-refractivity contribution in [2.45, 2.75) is 25.4 Å². The van der Waals surface area contributed by atoms with Crippen LogP contribution in [0.25, 0.3) is 0 Å². The molecular formula is C9H13F3N2O. The predicted molar refractivity (Wildman–Crippen MR) is 47.0 cm³/mol. The van der Waals surface area contributed by atoms with Gasteiger partial charge in [0.1, 0.15) is 0 Å². The number of amides is 2. The summed E-state index contributed by atoms with van der Waals surface area (Å²) in [5.74, 6) is -0.304. The largest absolute Gasteiger partial charge is 0.389 e. The molecule has 2 atom stereocenters. The molecular weight excluding hydrogens is 209 g/mol. The van der Waals surface area contributed by atoms with Gasteiger partial charge in [-0.2, -0.15) is 13.2 Å². The molecule has 2 unspecified atom stereocenters. The van der Waals surface area contributed by atoms with Crippen LogP contribution in [0.5, 0.6) is 0 Å². The number of hydrogen-bond donors (Lipinski definition) is 1. The number of likely N-dealkylation sites (tertiary alicyclic amines) is 1. The Balaban J connectivity index is 1.90. The molecule has 3 nitrogen and oxygen atoms in total. The highest BCUT2D eigenvalue weighted by atomic mass is 19.4. The van der Waals surface area contributed by atoms with Gasteiger partial charge in [-0.05, 0) is 24.2 Å². The van der Waals surface area contributed by atoms with E-state index in [1.165, 1.54) is 4.90 Å². The van der Waals surface area contributed by atoms with Crippen LogP contribution in [0, 0.1) is 11.3 Å². The fourth-order valence-electron chi connectivity index (χ4n) is 2.58. The van der Waals surface area contributed by atoms with Crippen LogP contribution in [-0.4, -0.2) is 30.2 Å². The highest BCUT2D eigenvalue weighted by molar-refractivity contribution is 5.72. The molecule has 1 heterocycles. The summed E-state index contributed by atoms with van der Waals surface area (Å²) in [6, 6.07) is -0.524. The van der Waals surface area contributed by atoms with E-state index in [0.29, 0.717) is 25.9 Å². The first-order chi connectivity index (χ1) is 6.82. The number of nitrogens with zero attached hydrogens (tertiary/aromatic N) is 1. The molecule has 1 saturated carbocycles. The fraction of sp³-hybridized carbons (Fsp3) is 0.889. The van der Waals surface area contributed by atoms with Gasteiger partial charge < -0.3 is 10.6 Å². The molecule has 2 fully saturated rings. The Morgan fingerprint density at radius 1 is 1.53 bits per heavy atom. The number of urea groups is 1. The number of carbonyl (C=O) groups excluding carboxylic acids is 1. The number of rotatable bonds is 1. The number of alkyl halides is 3. The molecule has 15 heavy (non-hydrogen) atoms. The standard InChI is InChI=1S/C9H13F3N2O/c10-9(11,12)4-6-3-8(6)1-2-14(5-8)7(13)15/h6H,1-5H2,(H2,13,15). The lowest BCUT2D eigenvalue weighted by Gasteiger charge is -2.13. The second-order valence-electron chi connectivity index (χ2n) is 4.59. The van der Waals surface area contributed by atoms with Gasteiger partial charge in [-0.3, -0.25) is 0 Å². The second-order valence-corrected chi connectivity index (χ2v) is 4.59. The minimum Gasteiger partial charge on any atom is -0.351 e. The van der Waals surface area contributed by atoms with E-state index in [4.69, 9.17) is 5.73 Å². The Hall–Kier alpha value is -0.940. The summed E-state index contributed by atoms with van der Waals surface area (Å²) >= 11 is 0. The molecule has 0 radical (unpaired) electrons. The first-order valence-corrected chi connectivity index (χ1v) is 4.94. The van der Waals surface area contributed by atoms with E-state index in [1.807, 2.05) is 0 Å². The third kappa shape index (κ3) is 2.03. The molecule has 0 aromatic carbocycles. The molecule has 0 aromatic rings. The van der Waals surface area contributed by atoms with Gasteiger partial charge in [0.15, 0.2) is 0 Å². The highest BCUT2D eigenvalue weighted by Gasteiger charge is 2.60. The maximum absolute atomic E-state index is 12.1. The predicted octanol–water partition coefficient (Wildman–Crippen LogP) is 1.73. The summed E-state index contributed by atoms with van der Waals surface area (Å²) in [5.41, 5.74) is 4.81. The summed E-state index contributed by atoms with van der Waals surface area (Å²) in [6.45, 7) is 0.909. The van der Waals surface area contributed by atoms with Crippen LogP contribution in [0.1, 0.15) is 19.3 Å². The first-order valence-electron chi connectivity index (χ1n) is 4.94. The molecule has 1 aliphatic carbocycles. The van der Waals surface area contributed by atoms with Gasteiger partial charge in [0, 0.05) is 19.5 Å². The van der Waals surface area contributed by atoms with E-state index in [-0.39, 0.29) is 11.3 Å². The normalized spacial score (nSPS) is 34.9. The van der Waals surface area contributed by atoms with Crippen molar-refractivity contribution in [3.63, 3.8) is 0 Å². The van der Waals surface area contributed by atoms with E-state index in [9.17, 15) is 18.0 Å². The van der Waals surface area contributed by atoms with E-state index < -0.39 is 18.6 Å². The van der Waals surface area contributed by atoms with Crippen LogP contribution in [0.15, 0.2) is 0 Å². The Labute approximate surface area is 85.4 Å². The average Bonchev–Trinajstić information content (AvgIpc) is 2.56. The number of hydrogen-bond acceptors (Lipinski definition) is 1. The summed E-state index contributed by atoms with van der Waals surface area (Å²) < 4.78 is 36.4. The minimum absolute atomic E-state index is 0.273.